The molecule has 3 atom stereocenters. The van der Waals surface area contributed by atoms with E-state index in [4.69, 9.17) is 4.74 Å². The van der Waals surface area contributed by atoms with E-state index in [9.17, 15) is 4.79 Å². The molecule has 2 aliphatic heterocycles. The lowest BCUT2D eigenvalue weighted by molar-refractivity contribution is -0.135. The Bertz CT molecular complexity index is 522. The number of nitrogens with zero attached hydrogens (tertiary/aromatic N) is 1. The summed E-state index contributed by atoms with van der Waals surface area (Å²) in [5.41, 5.74) is 1.30. The van der Waals surface area contributed by atoms with Crippen LogP contribution in [0.3, 0.4) is 0 Å². The average molecular weight is 344 g/mol. The van der Waals surface area contributed by atoms with Crippen molar-refractivity contribution in [1.82, 2.24) is 10.2 Å². The molecule has 0 saturated carbocycles. The third-order valence-corrected chi connectivity index (χ3v) is 5.79. The summed E-state index contributed by atoms with van der Waals surface area (Å²) in [5, 5.41) is 3.48. The van der Waals surface area contributed by atoms with Gasteiger partial charge in [0.2, 0.25) is 5.91 Å². The summed E-state index contributed by atoms with van der Waals surface area (Å²) in [6.45, 7) is 6.70. The summed E-state index contributed by atoms with van der Waals surface area (Å²) in [4.78, 5) is 15.2. The smallest absolute Gasteiger partial charge is 0.223 e. The van der Waals surface area contributed by atoms with Crippen molar-refractivity contribution in [3.63, 3.8) is 0 Å². The minimum absolute atomic E-state index is 0.257. The fourth-order valence-electron chi connectivity index (χ4n) is 4.10. The molecule has 3 rings (SSSR count). The highest BCUT2D eigenvalue weighted by molar-refractivity contribution is 5.77. The molecular weight excluding hydrogens is 312 g/mol. The maximum absolute atomic E-state index is 13.1. The second-order valence-electron chi connectivity index (χ2n) is 7.63. The number of ether oxygens (including phenoxy) is 1. The van der Waals surface area contributed by atoms with E-state index in [2.05, 4.69) is 41.4 Å². The first-order valence-corrected chi connectivity index (χ1v) is 9.86. The van der Waals surface area contributed by atoms with Crippen LogP contribution in [0.25, 0.3) is 0 Å². The number of rotatable bonds is 7. The Morgan fingerprint density at radius 2 is 2.16 bits per heavy atom. The number of nitrogens with one attached hydrogen (secondary N) is 1. The predicted molar refractivity (Wildman–Crippen MR) is 100 cm³/mol. The molecule has 0 aliphatic carbocycles. The van der Waals surface area contributed by atoms with Gasteiger partial charge >= 0.3 is 0 Å². The molecule has 0 aromatic heterocycles. The molecule has 2 aliphatic rings. The van der Waals surface area contributed by atoms with Crippen LogP contribution in [0.5, 0.6) is 0 Å². The van der Waals surface area contributed by atoms with Crippen molar-refractivity contribution >= 4 is 5.91 Å². The zero-order valence-corrected chi connectivity index (χ0v) is 15.5. The van der Waals surface area contributed by atoms with Crippen molar-refractivity contribution in [2.24, 2.45) is 11.8 Å². The Kier molecular flexibility index (Phi) is 6.88. The van der Waals surface area contributed by atoms with Gasteiger partial charge in [-0.1, -0.05) is 37.3 Å². The molecule has 0 bridgehead atoms. The van der Waals surface area contributed by atoms with Crippen LogP contribution in [0.15, 0.2) is 30.3 Å². The minimum Gasteiger partial charge on any atom is -0.379 e. The minimum atomic E-state index is 0.257. The van der Waals surface area contributed by atoms with Crippen LogP contribution < -0.4 is 5.32 Å². The third-order valence-electron chi connectivity index (χ3n) is 5.79. The molecule has 1 amide bonds. The van der Waals surface area contributed by atoms with E-state index < -0.39 is 0 Å². The van der Waals surface area contributed by atoms with Gasteiger partial charge in [0.15, 0.2) is 0 Å². The third kappa shape index (κ3) is 5.29. The average Bonchev–Trinajstić information content (AvgIpc) is 3.18. The molecule has 2 fully saturated rings. The molecule has 25 heavy (non-hydrogen) atoms. The van der Waals surface area contributed by atoms with E-state index in [-0.39, 0.29) is 6.04 Å². The zero-order chi connectivity index (χ0) is 17.5. The second-order valence-corrected chi connectivity index (χ2v) is 7.63. The summed E-state index contributed by atoms with van der Waals surface area (Å²) >= 11 is 0. The molecule has 1 N–H and O–H groups in total. The van der Waals surface area contributed by atoms with E-state index >= 15 is 0 Å². The Hall–Kier alpha value is -1.39. The maximum atomic E-state index is 13.1. The topological polar surface area (TPSA) is 41.6 Å². The van der Waals surface area contributed by atoms with Gasteiger partial charge < -0.3 is 15.0 Å². The van der Waals surface area contributed by atoms with Crippen molar-refractivity contribution in [2.75, 3.05) is 32.8 Å². The number of benzene rings is 1. The molecule has 2 saturated heterocycles. The largest absolute Gasteiger partial charge is 0.379 e. The van der Waals surface area contributed by atoms with Crippen LogP contribution in [0.4, 0.5) is 0 Å². The Morgan fingerprint density at radius 1 is 1.32 bits per heavy atom. The molecule has 1 aromatic rings. The maximum Gasteiger partial charge on any atom is 0.223 e. The summed E-state index contributed by atoms with van der Waals surface area (Å²) < 4.78 is 5.56. The summed E-state index contributed by atoms with van der Waals surface area (Å²) in [6.07, 6.45) is 5.04. The standard InChI is InChI=1S/C21H32N2O2/c1-17(19-8-5-11-22-15-19)14-21(24)23(20-10-13-25-16-20)12-9-18-6-3-2-4-7-18/h2-4,6-7,17,19-20,22H,5,8-16H2,1H3. The van der Waals surface area contributed by atoms with Gasteiger partial charge in [-0.25, -0.2) is 0 Å². The molecule has 1 aromatic carbocycles. The lowest BCUT2D eigenvalue weighted by Crippen LogP contribution is -2.43. The first kappa shape index (κ1) is 18.4. The Balaban J connectivity index is 1.58. The van der Waals surface area contributed by atoms with Crippen molar-refractivity contribution in [3.8, 4) is 0 Å². The van der Waals surface area contributed by atoms with Crippen LogP contribution in [0.1, 0.15) is 38.2 Å². The van der Waals surface area contributed by atoms with E-state index in [0.717, 1.165) is 39.1 Å². The number of amides is 1. The van der Waals surface area contributed by atoms with Crippen molar-refractivity contribution in [2.45, 2.75) is 45.1 Å². The van der Waals surface area contributed by atoms with Crippen LogP contribution >= 0.6 is 0 Å². The Labute approximate surface area is 151 Å². The quantitative estimate of drug-likeness (QED) is 0.827. The van der Waals surface area contributed by atoms with Gasteiger partial charge in [-0.3, -0.25) is 4.79 Å². The highest BCUT2D eigenvalue weighted by Gasteiger charge is 2.30. The second kappa shape index (κ2) is 9.35. The van der Waals surface area contributed by atoms with Gasteiger partial charge in [-0.15, -0.1) is 0 Å². The van der Waals surface area contributed by atoms with E-state index in [1.54, 1.807) is 0 Å². The molecule has 138 valence electrons. The summed E-state index contributed by atoms with van der Waals surface area (Å²) in [6, 6.07) is 10.7. The van der Waals surface area contributed by atoms with Gasteiger partial charge in [0.1, 0.15) is 0 Å². The normalized spacial score (nSPS) is 24.8. The fraction of sp³-hybridized carbons (Fsp3) is 0.667. The number of piperidine rings is 1. The molecule has 4 heteroatoms. The monoisotopic (exact) mass is 344 g/mol. The van der Waals surface area contributed by atoms with E-state index in [0.29, 0.717) is 30.8 Å². The lowest BCUT2D eigenvalue weighted by Gasteiger charge is -2.32. The lowest BCUT2D eigenvalue weighted by atomic mass is 9.85. The number of carbonyl (C=O) groups is 1. The summed E-state index contributed by atoms with van der Waals surface area (Å²) in [7, 11) is 0. The molecule has 4 nitrogen and oxygen atoms in total. The first-order valence-electron chi connectivity index (χ1n) is 9.86. The van der Waals surface area contributed by atoms with Crippen LogP contribution in [0, 0.1) is 11.8 Å². The van der Waals surface area contributed by atoms with Gasteiger partial charge in [-0.05, 0) is 56.2 Å². The molecule has 3 unspecified atom stereocenters. The van der Waals surface area contributed by atoms with Crippen LogP contribution in [-0.4, -0.2) is 49.7 Å². The van der Waals surface area contributed by atoms with Crippen molar-refractivity contribution < 1.29 is 9.53 Å². The van der Waals surface area contributed by atoms with E-state index in [1.165, 1.54) is 18.4 Å². The molecule has 2 heterocycles. The van der Waals surface area contributed by atoms with Crippen LogP contribution in [-0.2, 0) is 16.0 Å². The van der Waals surface area contributed by atoms with Gasteiger partial charge in [0.25, 0.3) is 0 Å². The predicted octanol–water partition coefficient (Wildman–Crippen LogP) is 2.87. The Morgan fingerprint density at radius 3 is 2.84 bits per heavy atom. The number of hydrogen-bond donors (Lipinski definition) is 1. The van der Waals surface area contributed by atoms with Gasteiger partial charge in [-0.2, -0.15) is 0 Å². The number of hydrogen-bond acceptors (Lipinski definition) is 3. The molecule has 0 radical (unpaired) electrons. The molecular formula is C21H32N2O2. The van der Waals surface area contributed by atoms with Gasteiger partial charge in [0, 0.05) is 19.6 Å². The highest BCUT2D eigenvalue weighted by Crippen LogP contribution is 2.24. The fourth-order valence-corrected chi connectivity index (χ4v) is 4.10. The molecule has 0 spiro atoms. The van der Waals surface area contributed by atoms with E-state index in [1.807, 2.05) is 6.07 Å². The SMILES string of the molecule is CC(CC(=O)N(CCc1ccccc1)C1CCOC1)C1CCCNC1. The number of carbonyl (C=O) groups excluding carboxylic acids is 1. The first-order chi connectivity index (χ1) is 12.2. The van der Waals surface area contributed by atoms with Gasteiger partial charge in [0.05, 0.1) is 12.6 Å². The zero-order valence-electron chi connectivity index (χ0n) is 15.5. The summed E-state index contributed by atoms with van der Waals surface area (Å²) in [5.74, 6) is 1.39. The van der Waals surface area contributed by atoms with Crippen LogP contribution in [0.2, 0.25) is 0 Å². The highest BCUT2D eigenvalue weighted by atomic mass is 16.5. The van der Waals surface area contributed by atoms with Crippen molar-refractivity contribution in [1.29, 1.82) is 0 Å². The van der Waals surface area contributed by atoms with Crippen molar-refractivity contribution in [3.05, 3.63) is 35.9 Å².